The Morgan fingerprint density at radius 1 is 1.56 bits per heavy atom. The summed E-state index contributed by atoms with van der Waals surface area (Å²) in [6, 6.07) is 6.02. The van der Waals surface area contributed by atoms with Crippen LogP contribution in [-0.4, -0.2) is 24.5 Å². The van der Waals surface area contributed by atoms with Crippen LogP contribution < -0.4 is 5.32 Å². The molecule has 1 aromatic carbocycles. The number of carbonyl (C=O) groups is 1. The van der Waals surface area contributed by atoms with E-state index in [9.17, 15) is 14.9 Å². The van der Waals surface area contributed by atoms with Crippen molar-refractivity contribution in [2.24, 2.45) is 0 Å². The smallest absolute Gasteiger partial charge is 0.269 e. The maximum Gasteiger partial charge on any atom is 0.269 e. The average Bonchev–Trinajstić information content (AvgIpc) is 2.36. The zero-order chi connectivity index (χ0) is 13.5. The number of benzene rings is 1. The topological polar surface area (TPSA) is 81.5 Å². The zero-order valence-electron chi connectivity index (χ0n) is 10.4. The number of amides is 1. The van der Waals surface area contributed by atoms with Crippen molar-refractivity contribution in [2.75, 3.05) is 13.7 Å². The molecule has 0 heterocycles. The first-order chi connectivity index (χ1) is 8.58. The maximum absolute atomic E-state index is 11.4. The summed E-state index contributed by atoms with van der Waals surface area (Å²) in [5.74, 6) is -0.240. The first-order valence-corrected chi connectivity index (χ1v) is 5.61. The molecule has 1 unspecified atom stereocenters. The molecule has 18 heavy (non-hydrogen) atoms. The van der Waals surface area contributed by atoms with Gasteiger partial charge in [-0.05, 0) is 12.0 Å². The van der Waals surface area contributed by atoms with E-state index in [0.717, 1.165) is 5.56 Å². The molecule has 0 aliphatic carbocycles. The monoisotopic (exact) mass is 252 g/mol. The van der Waals surface area contributed by atoms with Crippen LogP contribution in [0.3, 0.4) is 0 Å². The third-order valence-electron chi connectivity index (χ3n) is 2.50. The lowest BCUT2D eigenvalue weighted by atomic mass is 10.0. The van der Waals surface area contributed by atoms with Crippen molar-refractivity contribution in [1.29, 1.82) is 0 Å². The number of carbonyl (C=O) groups excluding carboxylic acids is 1. The zero-order valence-corrected chi connectivity index (χ0v) is 10.4. The summed E-state index contributed by atoms with van der Waals surface area (Å²) < 4.78 is 4.73. The molecule has 98 valence electrons. The highest BCUT2D eigenvalue weighted by molar-refractivity contribution is 5.77. The van der Waals surface area contributed by atoms with E-state index >= 15 is 0 Å². The molecular weight excluding hydrogens is 236 g/mol. The molecule has 1 atom stereocenters. The second kappa shape index (κ2) is 6.70. The number of nitro groups is 1. The highest BCUT2D eigenvalue weighted by Gasteiger charge is 2.15. The Morgan fingerprint density at radius 3 is 2.83 bits per heavy atom. The van der Waals surface area contributed by atoms with Gasteiger partial charge in [-0.25, -0.2) is 0 Å². The normalized spacial score (nSPS) is 11.9. The summed E-state index contributed by atoms with van der Waals surface area (Å²) >= 11 is 0. The van der Waals surface area contributed by atoms with E-state index in [1.54, 1.807) is 12.1 Å². The quantitative estimate of drug-likeness (QED) is 0.618. The fourth-order valence-corrected chi connectivity index (χ4v) is 1.64. The molecule has 1 rings (SSSR count). The molecule has 0 aliphatic heterocycles. The molecule has 0 radical (unpaired) electrons. The van der Waals surface area contributed by atoms with E-state index in [2.05, 4.69) is 5.32 Å². The van der Waals surface area contributed by atoms with Crippen LogP contribution in [0.4, 0.5) is 5.69 Å². The summed E-state index contributed by atoms with van der Waals surface area (Å²) in [5, 5.41) is 13.5. The molecule has 0 saturated carbocycles. The predicted octanol–water partition coefficient (Wildman–Crippen LogP) is 1.81. The van der Waals surface area contributed by atoms with Gasteiger partial charge in [0.25, 0.3) is 5.69 Å². The third kappa shape index (κ3) is 3.81. The molecule has 1 N–H and O–H groups in total. The van der Waals surface area contributed by atoms with E-state index in [1.165, 1.54) is 19.2 Å². The van der Waals surface area contributed by atoms with Crippen LogP contribution in [0.1, 0.15) is 24.9 Å². The van der Waals surface area contributed by atoms with Gasteiger partial charge in [0, 0.05) is 19.2 Å². The highest BCUT2D eigenvalue weighted by atomic mass is 16.6. The van der Waals surface area contributed by atoms with Gasteiger partial charge in [-0.2, -0.15) is 0 Å². The van der Waals surface area contributed by atoms with Crippen molar-refractivity contribution in [2.45, 2.75) is 19.4 Å². The van der Waals surface area contributed by atoms with Crippen LogP contribution in [0.2, 0.25) is 0 Å². The van der Waals surface area contributed by atoms with Crippen molar-refractivity contribution in [3.8, 4) is 0 Å². The Labute approximate surface area is 105 Å². The lowest BCUT2D eigenvalue weighted by Gasteiger charge is -2.17. The number of ether oxygens (including phenoxy) is 1. The van der Waals surface area contributed by atoms with Crippen LogP contribution >= 0.6 is 0 Å². The Balaban J connectivity index is 2.84. The van der Waals surface area contributed by atoms with Gasteiger partial charge in [0.1, 0.15) is 6.61 Å². The number of methoxy groups -OCH3 is 1. The van der Waals surface area contributed by atoms with Crippen molar-refractivity contribution < 1.29 is 14.5 Å². The fraction of sp³-hybridized carbons (Fsp3) is 0.417. The van der Waals surface area contributed by atoms with Crippen LogP contribution in [0, 0.1) is 10.1 Å². The van der Waals surface area contributed by atoms with Crippen molar-refractivity contribution in [3.63, 3.8) is 0 Å². The molecule has 1 amide bonds. The number of hydrogen-bond donors (Lipinski definition) is 1. The standard InChI is InChI=1S/C12H16N2O4/c1-3-11(13-12(15)8-18-2)9-5-4-6-10(7-9)14(16)17/h4-7,11H,3,8H2,1-2H3,(H,13,15). The molecule has 0 bridgehead atoms. The lowest BCUT2D eigenvalue weighted by molar-refractivity contribution is -0.384. The molecule has 0 aromatic heterocycles. The average molecular weight is 252 g/mol. The van der Waals surface area contributed by atoms with Crippen LogP contribution in [-0.2, 0) is 9.53 Å². The van der Waals surface area contributed by atoms with E-state index < -0.39 is 4.92 Å². The summed E-state index contributed by atoms with van der Waals surface area (Å²) in [5.41, 5.74) is 0.739. The molecule has 0 fully saturated rings. The lowest BCUT2D eigenvalue weighted by Crippen LogP contribution is -2.31. The van der Waals surface area contributed by atoms with Gasteiger partial charge in [0.15, 0.2) is 0 Å². The molecule has 0 spiro atoms. The van der Waals surface area contributed by atoms with Gasteiger partial charge in [-0.1, -0.05) is 19.1 Å². The number of non-ortho nitro benzene ring substituents is 1. The number of hydrogen-bond acceptors (Lipinski definition) is 4. The minimum absolute atomic E-state index is 0.0203. The first-order valence-electron chi connectivity index (χ1n) is 5.61. The number of nitrogens with zero attached hydrogens (tertiary/aromatic N) is 1. The molecule has 0 aliphatic rings. The first kappa shape index (κ1) is 14.1. The summed E-state index contributed by atoms with van der Waals surface area (Å²) in [6.07, 6.45) is 0.649. The van der Waals surface area contributed by atoms with Crippen molar-refractivity contribution in [1.82, 2.24) is 5.32 Å². The van der Waals surface area contributed by atoms with Crippen LogP contribution in [0.25, 0.3) is 0 Å². The number of nitrogens with one attached hydrogen (secondary N) is 1. The molecule has 6 heteroatoms. The molecule has 6 nitrogen and oxygen atoms in total. The molecular formula is C12H16N2O4. The SMILES string of the molecule is CCC(NC(=O)COC)c1cccc([N+](=O)[O-])c1. The Bertz CT molecular complexity index is 434. The van der Waals surface area contributed by atoms with Gasteiger partial charge in [-0.15, -0.1) is 0 Å². The van der Waals surface area contributed by atoms with Gasteiger partial charge < -0.3 is 10.1 Å². The number of rotatable bonds is 6. The Morgan fingerprint density at radius 2 is 2.28 bits per heavy atom. The van der Waals surface area contributed by atoms with Gasteiger partial charge in [0.05, 0.1) is 11.0 Å². The molecule has 0 saturated heterocycles. The third-order valence-corrected chi connectivity index (χ3v) is 2.50. The van der Waals surface area contributed by atoms with Crippen LogP contribution in [0.5, 0.6) is 0 Å². The van der Waals surface area contributed by atoms with Gasteiger partial charge in [-0.3, -0.25) is 14.9 Å². The van der Waals surface area contributed by atoms with Gasteiger partial charge in [0.2, 0.25) is 5.91 Å². The number of nitro benzene ring substituents is 1. The summed E-state index contributed by atoms with van der Waals surface area (Å²) in [7, 11) is 1.44. The van der Waals surface area contributed by atoms with E-state index in [0.29, 0.717) is 6.42 Å². The highest BCUT2D eigenvalue weighted by Crippen LogP contribution is 2.21. The van der Waals surface area contributed by atoms with E-state index in [4.69, 9.17) is 4.74 Å². The van der Waals surface area contributed by atoms with Gasteiger partial charge >= 0.3 is 0 Å². The fourth-order valence-electron chi connectivity index (χ4n) is 1.64. The Hall–Kier alpha value is -1.95. The van der Waals surface area contributed by atoms with Crippen molar-refractivity contribution >= 4 is 11.6 Å². The second-order valence-electron chi connectivity index (χ2n) is 3.81. The maximum atomic E-state index is 11.4. The second-order valence-corrected chi connectivity index (χ2v) is 3.81. The summed E-state index contributed by atoms with van der Waals surface area (Å²) in [6.45, 7) is 1.88. The van der Waals surface area contributed by atoms with Crippen molar-refractivity contribution in [3.05, 3.63) is 39.9 Å². The minimum Gasteiger partial charge on any atom is -0.375 e. The van der Waals surface area contributed by atoms with E-state index in [-0.39, 0.29) is 24.2 Å². The van der Waals surface area contributed by atoms with Crippen LogP contribution in [0.15, 0.2) is 24.3 Å². The molecule has 1 aromatic rings. The predicted molar refractivity (Wildman–Crippen MR) is 66.1 cm³/mol. The summed E-state index contributed by atoms with van der Waals surface area (Å²) in [4.78, 5) is 21.7. The Kier molecular flexibility index (Phi) is 5.26. The minimum atomic E-state index is -0.451. The largest absolute Gasteiger partial charge is 0.375 e. The van der Waals surface area contributed by atoms with E-state index in [1.807, 2.05) is 6.92 Å².